The summed E-state index contributed by atoms with van der Waals surface area (Å²) in [7, 11) is 0. The number of nitrogens with one attached hydrogen (secondary N) is 6. The summed E-state index contributed by atoms with van der Waals surface area (Å²) in [6.45, 7) is 3.24. The highest BCUT2D eigenvalue weighted by Crippen LogP contribution is 2.35. The molecule has 300 valence electrons. The Morgan fingerprint density at radius 3 is 1.10 bits per heavy atom. The van der Waals surface area contributed by atoms with Crippen LogP contribution in [0.25, 0.3) is 0 Å². The second kappa shape index (κ2) is 16.3. The van der Waals surface area contributed by atoms with Crippen LogP contribution in [0.15, 0.2) is 109 Å². The number of benzene rings is 4. The summed E-state index contributed by atoms with van der Waals surface area (Å²) < 4.78 is 0. The van der Waals surface area contributed by atoms with Crippen molar-refractivity contribution in [3.63, 3.8) is 0 Å². The summed E-state index contributed by atoms with van der Waals surface area (Å²) in [5.41, 5.74) is -3.65. The predicted molar refractivity (Wildman–Crippen MR) is 221 cm³/mol. The lowest BCUT2D eigenvalue weighted by molar-refractivity contribution is -0.134. The first-order valence-electron chi connectivity index (χ1n) is 20.0. The maximum Gasteiger partial charge on any atom is 0.254 e. The molecule has 0 saturated heterocycles. The van der Waals surface area contributed by atoms with Crippen molar-refractivity contribution < 1.29 is 28.8 Å². The summed E-state index contributed by atoms with van der Waals surface area (Å²) in [5, 5.41) is 18.0. The molecule has 0 radical (unpaired) electrons. The second-order valence-corrected chi connectivity index (χ2v) is 16.4. The number of hydrogen-bond acceptors (Lipinski definition) is 6. The van der Waals surface area contributed by atoms with E-state index >= 15 is 0 Å². The van der Waals surface area contributed by atoms with E-state index in [9.17, 15) is 28.8 Å². The Kier molecular flexibility index (Phi) is 11.2. The van der Waals surface area contributed by atoms with Gasteiger partial charge >= 0.3 is 0 Å². The number of amides is 6. The predicted octanol–water partition coefficient (Wildman–Crippen LogP) is 5.60. The molecule has 7 rings (SSSR count). The van der Waals surface area contributed by atoms with Crippen molar-refractivity contribution in [2.45, 2.75) is 100 Å². The van der Waals surface area contributed by atoms with Gasteiger partial charge in [-0.1, -0.05) is 111 Å². The Morgan fingerprint density at radius 1 is 0.414 bits per heavy atom. The number of carbonyl (C=O) groups excluding carboxylic acids is 6. The lowest BCUT2D eigenvalue weighted by Gasteiger charge is -2.37. The topological polar surface area (TPSA) is 175 Å². The minimum atomic E-state index is -1.56. The average molecular weight is 783 g/mol. The lowest BCUT2D eigenvalue weighted by atomic mass is 9.87. The molecule has 3 aliphatic rings. The molecule has 58 heavy (non-hydrogen) atoms. The molecule has 2 atom stereocenters. The van der Waals surface area contributed by atoms with Crippen LogP contribution in [0.5, 0.6) is 0 Å². The molecule has 1 aliphatic heterocycles. The minimum Gasteiger partial charge on any atom is -0.340 e. The van der Waals surface area contributed by atoms with Crippen LogP contribution in [-0.4, -0.2) is 57.6 Å². The van der Waals surface area contributed by atoms with Crippen molar-refractivity contribution in [3.05, 3.63) is 131 Å². The third-order valence-electron chi connectivity index (χ3n) is 11.9. The summed E-state index contributed by atoms with van der Waals surface area (Å²) in [5.74, 6) is -3.34. The van der Waals surface area contributed by atoms with Crippen LogP contribution in [0.2, 0.25) is 0 Å². The smallest absolute Gasteiger partial charge is 0.254 e. The molecule has 4 aromatic carbocycles. The van der Waals surface area contributed by atoms with E-state index in [0.717, 1.165) is 11.1 Å². The van der Waals surface area contributed by atoms with Crippen LogP contribution in [0.4, 0.5) is 11.4 Å². The van der Waals surface area contributed by atoms with Crippen molar-refractivity contribution in [2.75, 3.05) is 10.6 Å². The van der Waals surface area contributed by atoms with Gasteiger partial charge < -0.3 is 31.9 Å². The second-order valence-electron chi connectivity index (χ2n) is 16.4. The van der Waals surface area contributed by atoms with Crippen molar-refractivity contribution in [1.82, 2.24) is 21.3 Å². The Bertz CT molecular complexity index is 2060. The van der Waals surface area contributed by atoms with Gasteiger partial charge in [-0.3, -0.25) is 28.8 Å². The minimum absolute atomic E-state index is 0.0948. The quantitative estimate of drug-likeness (QED) is 0.157. The van der Waals surface area contributed by atoms with Crippen LogP contribution < -0.4 is 31.9 Å². The number of para-hydroxylation sites is 2. The molecule has 2 saturated carbocycles. The first-order valence-corrected chi connectivity index (χ1v) is 20.0. The summed E-state index contributed by atoms with van der Waals surface area (Å²) >= 11 is 0. The zero-order chi connectivity index (χ0) is 41.0. The third kappa shape index (κ3) is 8.23. The van der Waals surface area contributed by atoms with Crippen LogP contribution in [-0.2, 0) is 32.0 Å². The third-order valence-corrected chi connectivity index (χ3v) is 11.9. The first-order chi connectivity index (χ1) is 27.8. The van der Waals surface area contributed by atoms with E-state index in [4.69, 9.17) is 0 Å². The standard InChI is InChI=1S/C46H50N6O6/c1-43(29-31-17-5-3-6-18-31)39(55)51-45(25-13-14-26-45)41(57)48-36-24-12-10-22-34(36)38(54)50-44(2,30-32-19-7-4-8-20-32)40(56)52-46(27-15-16-28-46)42(58)47-35-23-11-9-21-33(35)37(53)49-43/h3-12,17-24H,13-16,25-30H2,1-2H3,(H,47,58)(H,48,57)(H,49,53)(H,50,54)(H,51,55)(H,52,56)/t43-,44-/m0/s1. The zero-order valence-electron chi connectivity index (χ0n) is 32.9. The Balaban J connectivity index is 1.33. The molecule has 4 aromatic rings. The molecule has 0 unspecified atom stereocenters. The number of rotatable bonds is 4. The van der Waals surface area contributed by atoms with Gasteiger partial charge in [-0.2, -0.15) is 0 Å². The van der Waals surface area contributed by atoms with Crippen molar-refractivity contribution in [1.29, 1.82) is 0 Å². The number of fused-ring (bicyclic) bond motifs is 2. The van der Waals surface area contributed by atoms with Crippen molar-refractivity contribution in [3.8, 4) is 0 Å². The Morgan fingerprint density at radius 2 is 0.741 bits per heavy atom. The van der Waals surface area contributed by atoms with E-state index in [1.807, 2.05) is 60.7 Å². The van der Waals surface area contributed by atoms with Gasteiger partial charge in [0.2, 0.25) is 23.6 Å². The summed E-state index contributed by atoms with van der Waals surface area (Å²) in [4.78, 5) is 87.0. The van der Waals surface area contributed by atoms with Gasteiger partial charge in [0.1, 0.15) is 22.2 Å². The van der Waals surface area contributed by atoms with Crippen molar-refractivity contribution in [2.24, 2.45) is 0 Å². The number of carbonyl (C=O) groups is 6. The zero-order valence-corrected chi connectivity index (χ0v) is 32.9. The number of anilines is 2. The van der Waals surface area contributed by atoms with Gasteiger partial charge in [-0.05, 0) is 74.9 Å². The van der Waals surface area contributed by atoms with E-state index in [2.05, 4.69) is 31.9 Å². The molecule has 1 heterocycles. The highest BCUT2D eigenvalue weighted by Gasteiger charge is 2.49. The molecule has 6 amide bonds. The average Bonchev–Trinajstić information content (AvgIpc) is 3.90. The van der Waals surface area contributed by atoms with E-state index in [0.29, 0.717) is 51.4 Å². The molecule has 0 bridgehead atoms. The molecular weight excluding hydrogens is 733 g/mol. The monoisotopic (exact) mass is 782 g/mol. The molecule has 2 aliphatic carbocycles. The van der Waals surface area contributed by atoms with E-state index in [-0.39, 0.29) is 35.3 Å². The molecule has 6 N–H and O–H groups in total. The molecule has 2 spiro atoms. The van der Waals surface area contributed by atoms with Gasteiger partial charge in [-0.15, -0.1) is 0 Å². The SMILES string of the molecule is C[C@@]1(Cc2ccccc2)NC(=O)c2ccccc2NC(=O)C2(CCCC2)NC(=O)[C@](C)(Cc2ccccc2)NC(=O)c2ccccc2NC(=O)C2(CCCC2)NC1=O. The molecule has 12 nitrogen and oxygen atoms in total. The fraction of sp³-hybridized carbons (Fsp3) is 0.348. The van der Waals surface area contributed by atoms with Crippen LogP contribution >= 0.6 is 0 Å². The molecule has 12 heteroatoms. The van der Waals surface area contributed by atoms with E-state index in [1.54, 1.807) is 62.4 Å². The van der Waals surface area contributed by atoms with Gasteiger partial charge in [-0.25, -0.2) is 0 Å². The Hall–Kier alpha value is -6.30. The van der Waals surface area contributed by atoms with Crippen molar-refractivity contribution >= 4 is 46.8 Å². The molecular formula is C46H50N6O6. The largest absolute Gasteiger partial charge is 0.340 e. The van der Waals surface area contributed by atoms with Gasteiger partial charge in [0.25, 0.3) is 11.8 Å². The highest BCUT2D eigenvalue weighted by molar-refractivity contribution is 6.11. The molecule has 0 aromatic heterocycles. The molecule has 2 fully saturated rings. The van der Waals surface area contributed by atoms with Crippen LogP contribution in [0, 0.1) is 0 Å². The maximum atomic E-state index is 14.7. The Labute approximate surface area is 338 Å². The van der Waals surface area contributed by atoms with E-state index in [1.165, 1.54) is 0 Å². The summed E-state index contributed by atoms with van der Waals surface area (Å²) in [6, 6.07) is 31.6. The fourth-order valence-electron chi connectivity index (χ4n) is 8.56. The maximum absolute atomic E-state index is 14.7. The van der Waals surface area contributed by atoms with Gasteiger partial charge in [0.05, 0.1) is 22.5 Å². The number of hydrogen-bond donors (Lipinski definition) is 6. The first kappa shape index (κ1) is 39.9. The van der Waals surface area contributed by atoms with Gasteiger partial charge in [0.15, 0.2) is 0 Å². The van der Waals surface area contributed by atoms with Crippen LogP contribution in [0.1, 0.15) is 97.1 Å². The van der Waals surface area contributed by atoms with Crippen LogP contribution in [0.3, 0.4) is 0 Å². The van der Waals surface area contributed by atoms with Gasteiger partial charge in [0, 0.05) is 12.8 Å². The lowest BCUT2D eigenvalue weighted by Crippen LogP contribution is -2.65. The fourth-order valence-corrected chi connectivity index (χ4v) is 8.56. The highest BCUT2D eigenvalue weighted by atomic mass is 16.2. The van der Waals surface area contributed by atoms with E-state index < -0.39 is 57.6 Å². The summed E-state index contributed by atoms with van der Waals surface area (Å²) in [6.07, 6.45) is 4.19. The normalized spacial score (nSPS) is 23.7.